The standard InChI is InChI=1S/C12H15NO3/c1-15-6-7-16-12(14)10-8-13-11-5-3-2-4-9(10)11/h2-5,10,13H,6-8H2,1H3. The first kappa shape index (κ1) is 11.0. The summed E-state index contributed by atoms with van der Waals surface area (Å²) in [5.41, 5.74) is 2.04. The van der Waals surface area contributed by atoms with Crippen LogP contribution in [0, 0.1) is 0 Å². The average molecular weight is 221 g/mol. The van der Waals surface area contributed by atoms with E-state index in [1.165, 1.54) is 0 Å². The molecule has 1 aromatic rings. The van der Waals surface area contributed by atoms with Gasteiger partial charge in [0.25, 0.3) is 0 Å². The maximum Gasteiger partial charge on any atom is 0.315 e. The van der Waals surface area contributed by atoms with Crippen LogP contribution in [0.15, 0.2) is 24.3 Å². The molecule has 1 unspecified atom stereocenters. The smallest absolute Gasteiger partial charge is 0.315 e. The Balaban J connectivity index is 1.99. The van der Waals surface area contributed by atoms with Gasteiger partial charge in [-0.05, 0) is 11.6 Å². The van der Waals surface area contributed by atoms with E-state index in [0.29, 0.717) is 19.8 Å². The summed E-state index contributed by atoms with van der Waals surface area (Å²) in [7, 11) is 1.58. The lowest BCUT2D eigenvalue weighted by Crippen LogP contribution is -2.19. The Morgan fingerprint density at radius 1 is 1.44 bits per heavy atom. The van der Waals surface area contributed by atoms with Crippen molar-refractivity contribution in [1.29, 1.82) is 0 Å². The molecule has 0 bridgehead atoms. The summed E-state index contributed by atoms with van der Waals surface area (Å²) in [6, 6.07) is 7.81. The summed E-state index contributed by atoms with van der Waals surface area (Å²) in [5.74, 6) is -0.373. The van der Waals surface area contributed by atoms with Gasteiger partial charge in [0, 0.05) is 19.3 Å². The fourth-order valence-corrected chi connectivity index (χ4v) is 1.82. The minimum Gasteiger partial charge on any atom is -0.463 e. The van der Waals surface area contributed by atoms with Crippen LogP contribution in [0.5, 0.6) is 0 Å². The number of hydrogen-bond donors (Lipinski definition) is 1. The third-order valence-corrected chi connectivity index (χ3v) is 2.65. The molecule has 0 amide bonds. The van der Waals surface area contributed by atoms with E-state index in [0.717, 1.165) is 11.3 Å². The minimum absolute atomic E-state index is 0.186. The second-order valence-corrected chi connectivity index (χ2v) is 3.68. The molecular formula is C12H15NO3. The van der Waals surface area contributed by atoms with E-state index >= 15 is 0 Å². The molecule has 1 heterocycles. The summed E-state index contributed by atoms with van der Waals surface area (Å²) in [4.78, 5) is 11.8. The van der Waals surface area contributed by atoms with E-state index < -0.39 is 0 Å². The predicted molar refractivity (Wildman–Crippen MR) is 60.5 cm³/mol. The summed E-state index contributed by atoms with van der Waals surface area (Å²) < 4.78 is 9.95. The van der Waals surface area contributed by atoms with Crippen molar-refractivity contribution in [3.63, 3.8) is 0 Å². The van der Waals surface area contributed by atoms with Crippen LogP contribution in [0.2, 0.25) is 0 Å². The highest BCUT2D eigenvalue weighted by Gasteiger charge is 2.29. The molecule has 0 fully saturated rings. The Labute approximate surface area is 94.6 Å². The van der Waals surface area contributed by atoms with E-state index in [1.54, 1.807) is 7.11 Å². The van der Waals surface area contributed by atoms with Gasteiger partial charge in [-0.1, -0.05) is 18.2 Å². The molecule has 1 N–H and O–H groups in total. The van der Waals surface area contributed by atoms with Gasteiger partial charge in [0.2, 0.25) is 0 Å². The fourth-order valence-electron chi connectivity index (χ4n) is 1.82. The molecule has 4 nitrogen and oxygen atoms in total. The molecule has 0 saturated carbocycles. The van der Waals surface area contributed by atoms with Gasteiger partial charge in [-0.3, -0.25) is 4.79 Å². The second-order valence-electron chi connectivity index (χ2n) is 3.68. The molecule has 1 aliphatic rings. The number of anilines is 1. The quantitative estimate of drug-likeness (QED) is 0.616. The highest BCUT2D eigenvalue weighted by atomic mass is 16.6. The van der Waals surface area contributed by atoms with Crippen molar-refractivity contribution < 1.29 is 14.3 Å². The van der Waals surface area contributed by atoms with Crippen molar-refractivity contribution >= 4 is 11.7 Å². The van der Waals surface area contributed by atoms with Crippen molar-refractivity contribution in [3.05, 3.63) is 29.8 Å². The topological polar surface area (TPSA) is 47.6 Å². The Morgan fingerprint density at radius 3 is 3.06 bits per heavy atom. The van der Waals surface area contributed by atoms with Crippen molar-refractivity contribution in [2.75, 3.05) is 32.2 Å². The van der Waals surface area contributed by atoms with Gasteiger partial charge in [0.1, 0.15) is 12.5 Å². The van der Waals surface area contributed by atoms with Crippen LogP contribution in [0.25, 0.3) is 0 Å². The van der Waals surface area contributed by atoms with Gasteiger partial charge in [-0.15, -0.1) is 0 Å². The molecule has 86 valence electrons. The molecule has 0 aromatic heterocycles. The van der Waals surface area contributed by atoms with E-state index in [1.807, 2.05) is 24.3 Å². The second kappa shape index (κ2) is 4.99. The van der Waals surface area contributed by atoms with Gasteiger partial charge in [-0.25, -0.2) is 0 Å². The van der Waals surface area contributed by atoms with Gasteiger partial charge in [0.15, 0.2) is 0 Å². The minimum atomic E-state index is -0.187. The van der Waals surface area contributed by atoms with Crippen LogP contribution in [-0.2, 0) is 14.3 Å². The van der Waals surface area contributed by atoms with Gasteiger partial charge < -0.3 is 14.8 Å². The summed E-state index contributed by atoms with van der Waals surface area (Å²) in [6.07, 6.45) is 0. The monoisotopic (exact) mass is 221 g/mol. The van der Waals surface area contributed by atoms with Gasteiger partial charge in [-0.2, -0.15) is 0 Å². The van der Waals surface area contributed by atoms with Gasteiger partial charge in [0.05, 0.1) is 6.61 Å². The van der Waals surface area contributed by atoms with Crippen LogP contribution in [-0.4, -0.2) is 32.8 Å². The third-order valence-electron chi connectivity index (χ3n) is 2.65. The summed E-state index contributed by atoms with van der Waals surface area (Å²) in [5, 5.41) is 3.19. The Morgan fingerprint density at radius 2 is 2.25 bits per heavy atom. The summed E-state index contributed by atoms with van der Waals surface area (Å²) in [6.45, 7) is 1.37. The predicted octanol–water partition coefficient (Wildman–Crippen LogP) is 1.39. The molecule has 1 aromatic carbocycles. The molecule has 1 atom stereocenters. The van der Waals surface area contributed by atoms with Crippen molar-refractivity contribution in [2.24, 2.45) is 0 Å². The summed E-state index contributed by atoms with van der Waals surface area (Å²) >= 11 is 0. The maximum absolute atomic E-state index is 11.8. The van der Waals surface area contributed by atoms with Crippen LogP contribution >= 0.6 is 0 Å². The Hall–Kier alpha value is -1.55. The fraction of sp³-hybridized carbons (Fsp3) is 0.417. The van der Waals surface area contributed by atoms with E-state index in [-0.39, 0.29) is 11.9 Å². The lowest BCUT2D eigenvalue weighted by Gasteiger charge is -2.09. The normalized spacial score (nSPS) is 17.7. The molecule has 0 saturated heterocycles. The lowest BCUT2D eigenvalue weighted by atomic mass is 10.0. The molecular weight excluding hydrogens is 206 g/mol. The number of carbonyl (C=O) groups excluding carboxylic acids is 1. The van der Waals surface area contributed by atoms with E-state index in [4.69, 9.17) is 9.47 Å². The van der Waals surface area contributed by atoms with Crippen LogP contribution < -0.4 is 5.32 Å². The Kier molecular flexibility index (Phi) is 3.41. The average Bonchev–Trinajstić information content (AvgIpc) is 2.73. The molecule has 0 radical (unpaired) electrons. The molecule has 4 heteroatoms. The number of hydrogen-bond acceptors (Lipinski definition) is 4. The van der Waals surface area contributed by atoms with Crippen molar-refractivity contribution in [2.45, 2.75) is 5.92 Å². The SMILES string of the molecule is COCCOC(=O)C1CNc2ccccc21. The Bertz CT molecular complexity index is 378. The number of nitrogens with one attached hydrogen (secondary N) is 1. The number of carbonyl (C=O) groups is 1. The molecule has 0 aliphatic carbocycles. The number of ether oxygens (including phenoxy) is 2. The molecule has 16 heavy (non-hydrogen) atoms. The number of methoxy groups -OCH3 is 1. The highest BCUT2D eigenvalue weighted by molar-refractivity contribution is 5.83. The van der Waals surface area contributed by atoms with Crippen molar-refractivity contribution in [3.8, 4) is 0 Å². The first-order valence-corrected chi connectivity index (χ1v) is 5.31. The van der Waals surface area contributed by atoms with Crippen molar-refractivity contribution in [1.82, 2.24) is 0 Å². The van der Waals surface area contributed by atoms with E-state index in [2.05, 4.69) is 5.32 Å². The number of rotatable bonds is 4. The number of benzene rings is 1. The lowest BCUT2D eigenvalue weighted by molar-refractivity contribution is -0.146. The number of esters is 1. The highest BCUT2D eigenvalue weighted by Crippen LogP contribution is 2.31. The number of fused-ring (bicyclic) bond motifs is 1. The van der Waals surface area contributed by atoms with E-state index in [9.17, 15) is 4.79 Å². The first-order chi connectivity index (χ1) is 7.83. The van der Waals surface area contributed by atoms with Crippen LogP contribution in [0.3, 0.4) is 0 Å². The largest absolute Gasteiger partial charge is 0.463 e. The first-order valence-electron chi connectivity index (χ1n) is 5.31. The zero-order valence-electron chi connectivity index (χ0n) is 9.23. The van der Waals surface area contributed by atoms with Gasteiger partial charge >= 0.3 is 5.97 Å². The molecule has 1 aliphatic heterocycles. The third kappa shape index (κ3) is 2.17. The number of para-hydroxylation sites is 1. The maximum atomic E-state index is 11.8. The van der Waals surface area contributed by atoms with Crippen LogP contribution in [0.4, 0.5) is 5.69 Å². The zero-order chi connectivity index (χ0) is 11.4. The van der Waals surface area contributed by atoms with Crippen LogP contribution in [0.1, 0.15) is 11.5 Å². The molecule has 0 spiro atoms. The molecule has 2 rings (SSSR count). The zero-order valence-corrected chi connectivity index (χ0v) is 9.23.